The topological polar surface area (TPSA) is 45.8 Å². The van der Waals surface area contributed by atoms with Crippen molar-refractivity contribution in [3.8, 4) is 0 Å². The minimum absolute atomic E-state index is 0.102. The predicted octanol–water partition coefficient (Wildman–Crippen LogP) is 0.708. The van der Waals surface area contributed by atoms with Crippen molar-refractivity contribution in [2.24, 2.45) is 5.41 Å². The molecule has 0 atom stereocenters. The van der Waals surface area contributed by atoms with Crippen LogP contribution in [-0.2, 0) is 9.31 Å². The van der Waals surface area contributed by atoms with Gasteiger partial charge in [-0.1, -0.05) is 38.1 Å². The zero-order chi connectivity index (χ0) is 14.2. The van der Waals surface area contributed by atoms with Crippen LogP contribution in [0.3, 0.4) is 0 Å². The number of nitrogens with one attached hydrogen (secondary N) is 2. The first-order valence-corrected chi connectivity index (χ1v) is 6.84. The maximum Gasteiger partial charge on any atom is 0.493 e. The molecule has 0 saturated carbocycles. The van der Waals surface area contributed by atoms with Crippen molar-refractivity contribution in [1.29, 1.82) is 0 Å². The Balaban J connectivity index is 1.71. The summed E-state index contributed by atoms with van der Waals surface area (Å²) >= 11 is 0. The van der Waals surface area contributed by atoms with Gasteiger partial charge in [0.05, 0.1) is 5.70 Å². The number of benzene rings is 1. The van der Waals surface area contributed by atoms with Crippen LogP contribution in [0.1, 0.15) is 19.4 Å². The molecular formula is C14H20BN3O2. The van der Waals surface area contributed by atoms with Crippen molar-refractivity contribution in [2.75, 3.05) is 20.3 Å². The maximum absolute atomic E-state index is 5.79. The van der Waals surface area contributed by atoms with Crippen molar-refractivity contribution in [2.45, 2.75) is 13.8 Å². The molecule has 5 nitrogen and oxygen atoms in total. The molecule has 0 unspecified atom stereocenters. The molecule has 3 rings (SSSR count). The van der Waals surface area contributed by atoms with Crippen LogP contribution in [-0.4, -0.2) is 32.4 Å². The van der Waals surface area contributed by atoms with E-state index in [1.165, 1.54) is 0 Å². The molecular weight excluding hydrogens is 253 g/mol. The van der Waals surface area contributed by atoms with Gasteiger partial charge < -0.3 is 14.7 Å². The summed E-state index contributed by atoms with van der Waals surface area (Å²) in [5.74, 6) is 0. The van der Waals surface area contributed by atoms with Crippen LogP contribution in [0.2, 0.25) is 0 Å². The first-order chi connectivity index (χ1) is 9.55. The van der Waals surface area contributed by atoms with Gasteiger partial charge in [-0.05, 0) is 5.46 Å². The van der Waals surface area contributed by atoms with Crippen LogP contribution in [0, 0.1) is 5.41 Å². The Morgan fingerprint density at radius 2 is 1.80 bits per heavy atom. The van der Waals surface area contributed by atoms with Crippen molar-refractivity contribution >= 4 is 18.3 Å². The SMILES string of the molecule is CN1NNC=C1c1ccc(B2OCC(C)(C)CO2)cc1. The molecule has 20 heavy (non-hydrogen) atoms. The largest absolute Gasteiger partial charge is 0.493 e. The average Bonchev–Trinajstić information content (AvgIpc) is 2.85. The Morgan fingerprint density at radius 3 is 2.35 bits per heavy atom. The van der Waals surface area contributed by atoms with Gasteiger partial charge in [0.1, 0.15) is 0 Å². The standard InChI is InChI=1S/C14H20BN3O2/c1-14(2)9-19-15(20-10-14)12-6-4-11(5-7-12)13-8-16-17-18(13)3/h4-8,16-17H,9-10H2,1-3H3. The van der Waals surface area contributed by atoms with Crippen LogP contribution in [0.5, 0.6) is 0 Å². The van der Waals surface area contributed by atoms with Gasteiger partial charge in [-0.2, -0.15) is 0 Å². The van der Waals surface area contributed by atoms with E-state index in [9.17, 15) is 0 Å². The van der Waals surface area contributed by atoms with Gasteiger partial charge in [-0.15, -0.1) is 5.53 Å². The number of nitrogens with zero attached hydrogens (tertiary/aromatic N) is 1. The van der Waals surface area contributed by atoms with E-state index in [1.807, 2.05) is 18.3 Å². The lowest BCUT2D eigenvalue weighted by atomic mass is 9.75. The van der Waals surface area contributed by atoms with Crippen molar-refractivity contribution in [1.82, 2.24) is 16.0 Å². The highest BCUT2D eigenvalue weighted by Gasteiger charge is 2.33. The van der Waals surface area contributed by atoms with Crippen LogP contribution < -0.4 is 16.4 Å². The summed E-state index contributed by atoms with van der Waals surface area (Å²) < 4.78 is 11.6. The number of hydrazine groups is 2. The summed E-state index contributed by atoms with van der Waals surface area (Å²) in [7, 11) is 1.72. The summed E-state index contributed by atoms with van der Waals surface area (Å²) in [6, 6.07) is 8.29. The molecule has 0 aromatic heterocycles. The summed E-state index contributed by atoms with van der Waals surface area (Å²) in [4.78, 5) is 0. The third-order valence-electron chi connectivity index (χ3n) is 3.53. The first-order valence-electron chi connectivity index (χ1n) is 6.84. The van der Waals surface area contributed by atoms with Crippen LogP contribution in [0.25, 0.3) is 5.70 Å². The molecule has 2 aliphatic rings. The molecule has 0 spiro atoms. The fraction of sp³-hybridized carbons (Fsp3) is 0.429. The molecule has 1 fully saturated rings. The normalized spacial score (nSPS) is 21.6. The van der Waals surface area contributed by atoms with E-state index < -0.39 is 0 Å². The minimum atomic E-state index is -0.247. The Bertz CT molecular complexity index is 506. The first kappa shape index (κ1) is 13.5. The van der Waals surface area contributed by atoms with Crippen LogP contribution in [0.4, 0.5) is 0 Å². The molecule has 0 radical (unpaired) electrons. The van der Waals surface area contributed by atoms with E-state index in [-0.39, 0.29) is 12.5 Å². The Morgan fingerprint density at radius 1 is 1.15 bits per heavy atom. The molecule has 0 amide bonds. The lowest BCUT2D eigenvalue weighted by Gasteiger charge is -2.33. The molecule has 2 aliphatic heterocycles. The number of hydrogen-bond donors (Lipinski definition) is 2. The number of rotatable bonds is 2. The van der Waals surface area contributed by atoms with Gasteiger partial charge in [0.15, 0.2) is 0 Å². The van der Waals surface area contributed by atoms with Gasteiger partial charge in [0, 0.05) is 37.4 Å². The molecule has 0 aliphatic carbocycles. The van der Waals surface area contributed by atoms with Gasteiger partial charge in [-0.25, -0.2) is 0 Å². The molecule has 6 heteroatoms. The van der Waals surface area contributed by atoms with E-state index in [4.69, 9.17) is 9.31 Å². The van der Waals surface area contributed by atoms with Crippen molar-refractivity contribution in [3.05, 3.63) is 36.0 Å². The summed E-state index contributed by atoms with van der Waals surface area (Å²) in [5, 5.41) is 1.94. The van der Waals surface area contributed by atoms with Gasteiger partial charge >= 0.3 is 7.12 Å². The molecule has 1 aromatic carbocycles. The average molecular weight is 273 g/mol. The monoisotopic (exact) mass is 273 g/mol. The second-order valence-electron chi connectivity index (χ2n) is 6.08. The van der Waals surface area contributed by atoms with Crippen molar-refractivity contribution in [3.63, 3.8) is 0 Å². The second kappa shape index (κ2) is 5.12. The Kier molecular flexibility index (Phi) is 3.46. The van der Waals surface area contributed by atoms with Crippen LogP contribution >= 0.6 is 0 Å². The number of hydrogen-bond acceptors (Lipinski definition) is 5. The molecule has 0 bridgehead atoms. The van der Waals surface area contributed by atoms with E-state index in [0.29, 0.717) is 0 Å². The lowest BCUT2D eigenvalue weighted by molar-refractivity contribution is 0.0343. The Labute approximate surface area is 120 Å². The highest BCUT2D eigenvalue weighted by molar-refractivity contribution is 6.61. The zero-order valence-electron chi connectivity index (χ0n) is 12.1. The molecule has 2 N–H and O–H groups in total. The molecule has 1 saturated heterocycles. The fourth-order valence-corrected chi connectivity index (χ4v) is 2.33. The fourth-order valence-electron chi connectivity index (χ4n) is 2.33. The zero-order valence-corrected chi connectivity index (χ0v) is 12.1. The lowest BCUT2D eigenvalue weighted by Crippen LogP contribution is -2.47. The highest BCUT2D eigenvalue weighted by atomic mass is 16.6. The van der Waals surface area contributed by atoms with Gasteiger partial charge in [-0.3, -0.25) is 5.01 Å². The van der Waals surface area contributed by atoms with E-state index in [1.54, 1.807) is 0 Å². The highest BCUT2D eigenvalue weighted by Crippen LogP contribution is 2.22. The Hall–Kier alpha value is -1.50. The summed E-state index contributed by atoms with van der Waals surface area (Å²) in [5.41, 5.74) is 9.38. The van der Waals surface area contributed by atoms with Crippen LogP contribution in [0.15, 0.2) is 30.5 Å². The molecule has 106 valence electrons. The predicted molar refractivity (Wildman–Crippen MR) is 79.5 cm³/mol. The van der Waals surface area contributed by atoms with E-state index >= 15 is 0 Å². The summed E-state index contributed by atoms with van der Waals surface area (Å²) in [6.07, 6.45) is 1.94. The van der Waals surface area contributed by atoms with Gasteiger partial charge in [0.25, 0.3) is 0 Å². The maximum atomic E-state index is 5.79. The van der Waals surface area contributed by atoms with E-state index in [0.717, 1.165) is 29.9 Å². The summed E-state index contributed by atoms with van der Waals surface area (Å²) in [6.45, 7) is 5.74. The van der Waals surface area contributed by atoms with Crippen molar-refractivity contribution < 1.29 is 9.31 Å². The molecule has 1 aromatic rings. The van der Waals surface area contributed by atoms with E-state index in [2.05, 4.69) is 49.1 Å². The second-order valence-corrected chi connectivity index (χ2v) is 6.08. The van der Waals surface area contributed by atoms with Gasteiger partial charge in [0.2, 0.25) is 0 Å². The smallest absolute Gasteiger partial charge is 0.407 e. The molecule has 2 heterocycles. The third-order valence-corrected chi connectivity index (χ3v) is 3.53. The quantitative estimate of drug-likeness (QED) is 0.777. The minimum Gasteiger partial charge on any atom is -0.407 e. The third kappa shape index (κ3) is 2.68.